The van der Waals surface area contributed by atoms with Crippen molar-refractivity contribution in [2.75, 3.05) is 14.2 Å². The van der Waals surface area contributed by atoms with Crippen molar-refractivity contribution in [2.24, 2.45) is 0 Å². The second kappa shape index (κ2) is 7.18. The minimum Gasteiger partial charge on any atom is -0.493 e. The third kappa shape index (κ3) is 3.79. The van der Waals surface area contributed by atoms with Gasteiger partial charge >= 0.3 is 0 Å². The minimum absolute atomic E-state index is 0.246. The van der Waals surface area contributed by atoms with E-state index in [-0.39, 0.29) is 6.04 Å². The quantitative estimate of drug-likeness (QED) is 0.841. The van der Waals surface area contributed by atoms with Crippen molar-refractivity contribution in [1.82, 2.24) is 5.32 Å². The van der Waals surface area contributed by atoms with Crippen molar-refractivity contribution >= 4 is 0 Å². The fourth-order valence-corrected chi connectivity index (χ4v) is 2.37. The standard InChI is InChI=1S/C17H23NO3/c1-5-15(18-11-14-8-6-12(2)21-14)13-7-9-16(19-3)17(10-13)20-4/h6-10,15,18H,5,11H2,1-4H3. The second-order valence-corrected chi connectivity index (χ2v) is 4.97. The third-order valence-corrected chi connectivity index (χ3v) is 3.54. The minimum atomic E-state index is 0.246. The monoisotopic (exact) mass is 289 g/mol. The molecule has 1 aromatic heterocycles. The van der Waals surface area contributed by atoms with Gasteiger partial charge in [-0.1, -0.05) is 13.0 Å². The van der Waals surface area contributed by atoms with Crippen LogP contribution in [0.3, 0.4) is 0 Å². The molecular weight excluding hydrogens is 266 g/mol. The largest absolute Gasteiger partial charge is 0.493 e. The predicted molar refractivity (Wildman–Crippen MR) is 82.9 cm³/mol. The highest BCUT2D eigenvalue weighted by Gasteiger charge is 2.13. The molecule has 0 spiro atoms. The number of nitrogens with one attached hydrogen (secondary N) is 1. The maximum atomic E-state index is 5.59. The van der Waals surface area contributed by atoms with Crippen molar-refractivity contribution in [3.8, 4) is 11.5 Å². The molecule has 0 aliphatic heterocycles. The van der Waals surface area contributed by atoms with Gasteiger partial charge in [-0.05, 0) is 43.2 Å². The molecule has 1 unspecified atom stereocenters. The van der Waals surface area contributed by atoms with Gasteiger partial charge in [0.15, 0.2) is 11.5 Å². The molecule has 0 bridgehead atoms. The van der Waals surface area contributed by atoms with Crippen LogP contribution < -0.4 is 14.8 Å². The molecule has 0 amide bonds. The number of rotatable bonds is 7. The molecule has 2 rings (SSSR count). The van der Waals surface area contributed by atoms with Gasteiger partial charge in [0, 0.05) is 6.04 Å². The first kappa shape index (κ1) is 15.4. The van der Waals surface area contributed by atoms with Crippen LogP contribution in [0.2, 0.25) is 0 Å². The number of hydrogen-bond donors (Lipinski definition) is 1. The highest BCUT2D eigenvalue weighted by molar-refractivity contribution is 5.43. The summed E-state index contributed by atoms with van der Waals surface area (Å²) in [5.41, 5.74) is 1.18. The lowest BCUT2D eigenvalue weighted by atomic mass is 10.0. The SMILES string of the molecule is CCC(NCc1ccc(C)o1)c1ccc(OC)c(OC)c1. The Kier molecular flexibility index (Phi) is 5.28. The maximum absolute atomic E-state index is 5.59. The van der Waals surface area contributed by atoms with Crippen LogP contribution in [0.15, 0.2) is 34.7 Å². The first-order valence-electron chi connectivity index (χ1n) is 7.18. The van der Waals surface area contributed by atoms with Crippen LogP contribution in [0.1, 0.15) is 36.5 Å². The molecule has 1 aromatic carbocycles. The van der Waals surface area contributed by atoms with Gasteiger partial charge in [0.25, 0.3) is 0 Å². The molecule has 4 heteroatoms. The van der Waals surface area contributed by atoms with E-state index >= 15 is 0 Å². The summed E-state index contributed by atoms with van der Waals surface area (Å²) >= 11 is 0. The summed E-state index contributed by atoms with van der Waals surface area (Å²) in [4.78, 5) is 0. The lowest BCUT2D eigenvalue weighted by Crippen LogP contribution is -2.20. The van der Waals surface area contributed by atoms with Crippen LogP contribution in [-0.4, -0.2) is 14.2 Å². The average Bonchev–Trinajstić information content (AvgIpc) is 2.93. The van der Waals surface area contributed by atoms with Crippen molar-refractivity contribution < 1.29 is 13.9 Å². The summed E-state index contributed by atoms with van der Waals surface area (Å²) in [5.74, 6) is 3.39. The molecule has 1 N–H and O–H groups in total. The molecule has 0 aliphatic rings. The fraction of sp³-hybridized carbons (Fsp3) is 0.412. The van der Waals surface area contributed by atoms with E-state index in [0.717, 1.165) is 29.4 Å². The molecule has 0 radical (unpaired) electrons. The summed E-state index contributed by atoms with van der Waals surface area (Å²) in [7, 11) is 3.30. The van der Waals surface area contributed by atoms with Crippen LogP contribution >= 0.6 is 0 Å². The van der Waals surface area contributed by atoms with Gasteiger partial charge in [-0.15, -0.1) is 0 Å². The van der Waals surface area contributed by atoms with E-state index in [1.807, 2.05) is 31.2 Å². The van der Waals surface area contributed by atoms with Crippen molar-refractivity contribution in [1.29, 1.82) is 0 Å². The van der Waals surface area contributed by atoms with E-state index in [2.05, 4.69) is 18.3 Å². The van der Waals surface area contributed by atoms with Gasteiger partial charge in [-0.25, -0.2) is 0 Å². The van der Waals surface area contributed by atoms with Gasteiger partial charge in [-0.2, -0.15) is 0 Å². The van der Waals surface area contributed by atoms with Gasteiger partial charge < -0.3 is 19.2 Å². The molecule has 4 nitrogen and oxygen atoms in total. The first-order chi connectivity index (χ1) is 10.2. The highest BCUT2D eigenvalue weighted by atomic mass is 16.5. The number of benzene rings is 1. The molecule has 1 atom stereocenters. The molecule has 0 saturated carbocycles. The van der Waals surface area contributed by atoms with Gasteiger partial charge in [0.2, 0.25) is 0 Å². The van der Waals surface area contributed by atoms with Gasteiger partial charge in [-0.3, -0.25) is 0 Å². The Hall–Kier alpha value is -1.94. The normalized spacial score (nSPS) is 12.2. The smallest absolute Gasteiger partial charge is 0.161 e. The Morgan fingerprint density at radius 2 is 1.86 bits per heavy atom. The Labute approximate surface area is 126 Å². The molecular formula is C17H23NO3. The highest BCUT2D eigenvalue weighted by Crippen LogP contribution is 2.31. The van der Waals surface area contributed by atoms with Crippen LogP contribution in [0.25, 0.3) is 0 Å². The molecule has 114 valence electrons. The van der Waals surface area contributed by atoms with Gasteiger partial charge in [0.05, 0.1) is 20.8 Å². The van der Waals surface area contributed by atoms with E-state index in [9.17, 15) is 0 Å². The van der Waals surface area contributed by atoms with Crippen molar-refractivity contribution in [2.45, 2.75) is 32.9 Å². The topological polar surface area (TPSA) is 43.6 Å². The van der Waals surface area contributed by atoms with E-state index in [4.69, 9.17) is 13.9 Å². The van der Waals surface area contributed by atoms with E-state index in [1.165, 1.54) is 5.56 Å². The lowest BCUT2D eigenvalue weighted by molar-refractivity contribution is 0.353. The number of ether oxygens (including phenoxy) is 2. The molecule has 0 aliphatic carbocycles. The molecule has 0 saturated heterocycles. The second-order valence-electron chi connectivity index (χ2n) is 4.97. The van der Waals surface area contributed by atoms with E-state index < -0.39 is 0 Å². The van der Waals surface area contributed by atoms with Crippen LogP contribution in [0.4, 0.5) is 0 Å². The lowest BCUT2D eigenvalue weighted by Gasteiger charge is -2.18. The molecule has 0 fully saturated rings. The van der Waals surface area contributed by atoms with Crippen LogP contribution in [0.5, 0.6) is 11.5 Å². The summed E-state index contributed by atoms with van der Waals surface area (Å²) in [5, 5.41) is 3.51. The summed E-state index contributed by atoms with van der Waals surface area (Å²) < 4.78 is 16.2. The molecule has 21 heavy (non-hydrogen) atoms. The third-order valence-electron chi connectivity index (χ3n) is 3.54. The first-order valence-corrected chi connectivity index (χ1v) is 7.18. The molecule has 1 heterocycles. The fourth-order valence-electron chi connectivity index (χ4n) is 2.37. The zero-order valence-corrected chi connectivity index (χ0v) is 13.1. The van der Waals surface area contributed by atoms with Crippen molar-refractivity contribution in [3.63, 3.8) is 0 Å². The summed E-state index contributed by atoms with van der Waals surface area (Å²) in [6.45, 7) is 4.82. The Morgan fingerprint density at radius 3 is 2.43 bits per heavy atom. The molecule has 2 aromatic rings. The van der Waals surface area contributed by atoms with E-state index in [1.54, 1.807) is 14.2 Å². The number of furan rings is 1. The maximum Gasteiger partial charge on any atom is 0.161 e. The Balaban J connectivity index is 2.09. The zero-order valence-electron chi connectivity index (χ0n) is 13.1. The van der Waals surface area contributed by atoms with Crippen molar-refractivity contribution in [3.05, 3.63) is 47.4 Å². The van der Waals surface area contributed by atoms with E-state index in [0.29, 0.717) is 6.54 Å². The average molecular weight is 289 g/mol. The number of hydrogen-bond acceptors (Lipinski definition) is 4. The van der Waals surface area contributed by atoms with Gasteiger partial charge in [0.1, 0.15) is 11.5 Å². The Morgan fingerprint density at radius 1 is 1.10 bits per heavy atom. The van der Waals surface area contributed by atoms with Crippen LogP contribution in [-0.2, 0) is 6.54 Å². The zero-order chi connectivity index (χ0) is 15.2. The predicted octanol–water partition coefficient (Wildman–Crippen LogP) is 3.85. The van der Waals surface area contributed by atoms with Crippen LogP contribution in [0, 0.1) is 6.92 Å². The number of aryl methyl sites for hydroxylation is 1. The number of methoxy groups -OCH3 is 2. The summed E-state index contributed by atoms with van der Waals surface area (Å²) in [6, 6.07) is 10.3. The summed E-state index contributed by atoms with van der Waals surface area (Å²) in [6.07, 6.45) is 0.981. The Bertz CT molecular complexity index is 577.